The summed E-state index contributed by atoms with van der Waals surface area (Å²) in [5.41, 5.74) is 8.40. The quantitative estimate of drug-likeness (QED) is 0.424. The molecule has 0 radical (unpaired) electrons. The van der Waals surface area contributed by atoms with Crippen molar-refractivity contribution in [2.75, 3.05) is 0 Å². The van der Waals surface area contributed by atoms with Crippen molar-refractivity contribution >= 4 is 0 Å². The second-order valence-corrected chi connectivity index (χ2v) is 11.7. The molecule has 0 N–H and O–H groups in total. The van der Waals surface area contributed by atoms with Crippen LogP contribution in [0.1, 0.15) is 89.5 Å². The Morgan fingerprint density at radius 2 is 1.06 bits per heavy atom. The Kier molecular flexibility index (Phi) is 6.44. The van der Waals surface area contributed by atoms with E-state index in [4.69, 9.17) is 12.8 Å². The van der Waals surface area contributed by atoms with Gasteiger partial charge in [-0.15, -0.1) is 24.7 Å². The minimum Gasteiger partial charge on any atom is -0.120 e. The van der Waals surface area contributed by atoms with Gasteiger partial charge in [-0.3, -0.25) is 0 Å². The molecule has 0 aromatic heterocycles. The Balaban J connectivity index is 2.08. The van der Waals surface area contributed by atoms with Crippen LogP contribution in [0.5, 0.6) is 0 Å². The number of terminal acetylenes is 2. The van der Waals surface area contributed by atoms with Gasteiger partial charge < -0.3 is 0 Å². The minimum atomic E-state index is -0.274. The molecule has 0 nitrogen and oxygen atoms in total. The molecule has 0 bridgehead atoms. The second-order valence-electron chi connectivity index (χ2n) is 11.7. The van der Waals surface area contributed by atoms with Crippen LogP contribution in [0.3, 0.4) is 0 Å². The van der Waals surface area contributed by atoms with Crippen LogP contribution in [-0.4, -0.2) is 0 Å². The third-order valence-electron chi connectivity index (χ3n) is 6.62. The highest BCUT2D eigenvalue weighted by Crippen LogP contribution is 2.53. The average molecular weight is 411 g/mol. The standard InChI is InChI=1S/C31H38/c1-9-17-31(18-10-2)27-21-23(15-19-29(3,4)5)11-13-25(27)26-14-12-24(22-28(26)31)16-20-30(6,7)8/h1-2,11-14,21-22H,15-20H2,3-8H3. The molecule has 0 heterocycles. The van der Waals surface area contributed by atoms with Crippen molar-refractivity contribution in [3.8, 4) is 35.8 Å². The first kappa shape index (κ1) is 23.2. The van der Waals surface area contributed by atoms with Gasteiger partial charge in [-0.2, -0.15) is 0 Å². The molecule has 0 heteroatoms. The molecule has 2 aromatic rings. The monoisotopic (exact) mass is 410 g/mol. The third kappa shape index (κ3) is 5.08. The molecular weight excluding hydrogens is 372 g/mol. The maximum atomic E-state index is 5.93. The molecule has 2 aromatic carbocycles. The van der Waals surface area contributed by atoms with Crippen molar-refractivity contribution in [3.05, 3.63) is 58.7 Å². The van der Waals surface area contributed by atoms with E-state index >= 15 is 0 Å². The van der Waals surface area contributed by atoms with E-state index < -0.39 is 0 Å². The largest absolute Gasteiger partial charge is 0.120 e. The SMILES string of the molecule is C#CCC1(CC#C)c2cc(CCC(C)(C)C)ccc2-c2ccc(CCC(C)(C)C)cc21. The maximum Gasteiger partial charge on any atom is 0.0433 e. The first-order valence-electron chi connectivity index (χ1n) is 11.6. The molecule has 0 spiro atoms. The van der Waals surface area contributed by atoms with E-state index in [-0.39, 0.29) is 5.41 Å². The fourth-order valence-electron chi connectivity index (χ4n) is 4.73. The number of benzene rings is 2. The van der Waals surface area contributed by atoms with Crippen LogP contribution >= 0.6 is 0 Å². The summed E-state index contributed by atoms with van der Waals surface area (Å²) in [5.74, 6) is 5.95. The predicted octanol–water partition coefficient (Wildman–Crippen LogP) is 7.96. The maximum absolute atomic E-state index is 5.93. The highest BCUT2D eigenvalue weighted by molar-refractivity contribution is 5.82. The van der Waals surface area contributed by atoms with Crippen LogP contribution in [0, 0.1) is 35.5 Å². The molecule has 0 saturated heterocycles. The van der Waals surface area contributed by atoms with Crippen LogP contribution in [0.15, 0.2) is 36.4 Å². The van der Waals surface area contributed by atoms with Crippen LogP contribution in [0.4, 0.5) is 0 Å². The van der Waals surface area contributed by atoms with Crippen molar-refractivity contribution in [2.24, 2.45) is 10.8 Å². The van der Waals surface area contributed by atoms with Gasteiger partial charge in [0.15, 0.2) is 0 Å². The number of hydrogen-bond acceptors (Lipinski definition) is 0. The molecular formula is C31H38. The molecule has 1 aliphatic rings. The summed E-state index contributed by atoms with van der Waals surface area (Å²) in [4.78, 5) is 0. The summed E-state index contributed by atoms with van der Waals surface area (Å²) >= 11 is 0. The number of fused-ring (bicyclic) bond motifs is 3. The van der Waals surface area contributed by atoms with Crippen molar-refractivity contribution < 1.29 is 0 Å². The van der Waals surface area contributed by atoms with Gasteiger partial charge in [-0.05, 0) is 69.9 Å². The number of hydrogen-bond donors (Lipinski definition) is 0. The minimum absolute atomic E-state index is 0.274. The van der Waals surface area contributed by atoms with E-state index in [1.54, 1.807) is 0 Å². The predicted molar refractivity (Wildman–Crippen MR) is 135 cm³/mol. The molecule has 0 saturated carbocycles. The van der Waals surface area contributed by atoms with E-state index in [9.17, 15) is 0 Å². The topological polar surface area (TPSA) is 0 Å². The molecule has 1 aliphatic carbocycles. The second kappa shape index (κ2) is 8.60. The molecule has 3 rings (SSSR count). The van der Waals surface area contributed by atoms with Gasteiger partial charge in [0.2, 0.25) is 0 Å². The Hall–Kier alpha value is -2.44. The fourth-order valence-corrected chi connectivity index (χ4v) is 4.73. The lowest BCUT2D eigenvalue weighted by Gasteiger charge is -2.29. The molecule has 31 heavy (non-hydrogen) atoms. The molecule has 0 aliphatic heterocycles. The molecule has 0 amide bonds. The highest BCUT2D eigenvalue weighted by Gasteiger charge is 2.42. The van der Waals surface area contributed by atoms with Gasteiger partial charge in [0.25, 0.3) is 0 Å². The zero-order chi connectivity index (χ0) is 22.9. The zero-order valence-corrected chi connectivity index (χ0v) is 20.4. The average Bonchev–Trinajstić information content (AvgIpc) is 2.94. The lowest BCUT2D eigenvalue weighted by atomic mass is 9.72. The Labute approximate surface area is 190 Å². The van der Waals surface area contributed by atoms with E-state index in [1.807, 2.05) is 0 Å². The Morgan fingerprint density at radius 3 is 1.39 bits per heavy atom. The van der Waals surface area contributed by atoms with Crippen LogP contribution in [0.2, 0.25) is 0 Å². The van der Waals surface area contributed by atoms with E-state index in [2.05, 4.69) is 89.8 Å². The van der Waals surface area contributed by atoms with Crippen molar-refractivity contribution in [1.29, 1.82) is 0 Å². The Morgan fingerprint density at radius 1 is 0.677 bits per heavy atom. The summed E-state index contributed by atoms with van der Waals surface area (Å²) in [6, 6.07) is 14.0. The van der Waals surface area contributed by atoms with E-state index in [1.165, 1.54) is 33.4 Å². The smallest absolute Gasteiger partial charge is 0.0433 e. The first-order valence-corrected chi connectivity index (χ1v) is 11.6. The van der Waals surface area contributed by atoms with Crippen LogP contribution in [0.25, 0.3) is 11.1 Å². The summed E-state index contributed by atoms with van der Waals surface area (Å²) in [6.07, 6.45) is 17.6. The molecule has 0 fully saturated rings. The van der Waals surface area contributed by atoms with Crippen LogP contribution in [-0.2, 0) is 18.3 Å². The fraction of sp³-hybridized carbons (Fsp3) is 0.484. The molecule has 0 atom stereocenters. The van der Waals surface area contributed by atoms with Gasteiger partial charge in [-0.1, -0.05) is 77.9 Å². The number of aryl methyl sites for hydroxylation is 2. The van der Waals surface area contributed by atoms with Gasteiger partial charge in [-0.25, -0.2) is 0 Å². The Bertz CT molecular complexity index is 936. The van der Waals surface area contributed by atoms with Gasteiger partial charge >= 0.3 is 0 Å². The van der Waals surface area contributed by atoms with Gasteiger partial charge in [0, 0.05) is 18.3 Å². The van der Waals surface area contributed by atoms with Crippen molar-refractivity contribution in [2.45, 2.75) is 85.5 Å². The summed E-state index contributed by atoms with van der Waals surface area (Å²) in [7, 11) is 0. The highest BCUT2D eigenvalue weighted by atomic mass is 14.4. The van der Waals surface area contributed by atoms with Gasteiger partial charge in [0.1, 0.15) is 0 Å². The summed E-state index contributed by atoms with van der Waals surface area (Å²) < 4.78 is 0. The lowest BCUT2D eigenvalue weighted by molar-refractivity contribution is 0.378. The normalized spacial score (nSPS) is 14.5. The molecule has 0 unspecified atom stereocenters. The summed E-state index contributed by atoms with van der Waals surface area (Å²) in [5, 5.41) is 0. The summed E-state index contributed by atoms with van der Waals surface area (Å²) in [6.45, 7) is 13.8. The van der Waals surface area contributed by atoms with E-state index in [0.717, 1.165) is 25.7 Å². The van der Waals surface area contributed by atoms with Crippen molar-refractivity contribution in [1.82, 2.24) is 0 Å². The van der Waals surface area contributed by atoms with Crippen molar-refractivity contribution in [3.63, 3.8) is 0 Å². The van der Waals surface area contributed by atoms with E-state index in [0.29, 0.717) is 23.7 Å². The first-order chi connectivity index (χ1) is 14.5. The number of rotatable bonds is 6. The third-order valence-corrected chi connectivity index (χ3v) is 6.62. The van der Waals surface area contributed by atoms with Crippen LogP contribution < -0.4 is 0 Å². The zero-order valence-electron chi connectivity index (χ0n) is 20.4. The lowest BCUT2D eigenvalue weighted by Crippen LogP contribution is -2.24. The van der Waals surface area contributed by atoms with Gasteiger partial charge in [0.05, 0.1) is 0 Å². The molecule has 162 valence electrons.